The molecule has 0 bridgehead atoms. The maximum absolute atomic E-state index is 5.88. The van der Waals surface area contributed by atoms with Crippen molar-refractivity contribution < 1.29 is 4.74 Å². The summed E-state index contributed by atoms with van der Waals surface area (Å²) in [6.07, 6.45) is 2.50. The van der Waals surface area contributed by atoms with E-state index in [2.05, 4.69) is 70.8 Å². The molecule has 2 N–H and O–H groups in total. The largest absolute Gasteiger partial charge is 0.373 e. The summed E-state index contributed by atoms with van der Waals surface area (Å²) in [6, 6.07) is 14.5. The molecule has 0 aliphatic carbocycles. The van der Waals surface area contributed by atoms with E-state index in [1.807, 2.05) is 28.8 Å². The van der Waals surface area contributed by atoms with Crippen LogP contribution in [0.4, 0.5) is 0 Å². The number of nitrogens with one attached hydrogen (secondary N) is 2. The van der Waals surface area contributed by atoms with Crippen molar-refractivity contribution in [3.8, 4) is 0 Å². The Morgan fingerprint density at radius 3 is 2.52 bits per heavy atom. The van der Waals surface area contributed by atoms with Gasteiger partial charge in [-0.2, -0.15) is 0 Å². The highest BCUT2D eigenvalue weighted by molar-refractivity contribution is 14.0. The molecule has 0 spiro atoms. The molecular weight excluding hydrogens is 529 g/mol. The second-order valence-electron chi connectivity index (χ2n) is 8.31. The molecule has 1 aromatic carbocycles. The van der Waals surface area contributed by atoms with E-state index >= 15 is 0 Å². The minimum atomic E-state index is 0. The number of nitrogens with zero attached hydrogens (tertiary/aromatic N) is 5. The van der Waals surface area contributed by atoms with Crippen LogP contribution in [0.15, 0.2) is 53.7 Å². The Kier molecular flexibility index (Phi) is 9.45. The maximum Gasteiger partial charge on any atom is 0.191 e. The first-order valence-electron chi connectivity index (χ1n) is 11.4. The Balaban J connectivity index is 0.00000306. The first-order chi connectivity index (χ1) is 15.6. The number of fused-ring (bicyclic) bond motifs is 1. The van der Waals surface area contributed by atoms with Gasteiger partial charge in [0.25, 0.3) is 0 Å². The molecule has 3 aromatic rings. The van der Waals surface area contributed by atoms with Crippen LogP contribution in [-0.4, -0.2) is 57.3 Å². The lowest BCUT2D eigenvalue weighted by Gasteiger charge is -2.35. The smallest absolute Gasteiger partial charge is 0.191 e. The lowest BCUT2D eigenvalue weighted by atomic mass is 10.1. The third-order valence-corrected chi connectivity index (χ3v) is 5.56. The number of aliphatic imine (C=N–C) groups is 1. The number of morpholine rings is 1. The predicted molar refractivity (Wildman–Crippen MR) is 142 cm³/mol. The molecule has 1 saturated heterocycles. The zero-order valence-corrected chi connectivity index (χ0v) is 21.9. The standard InChI is InChI=1S/C24H33N7O.HI/c1-4-25-24(27-14-23-29-28-22-11-7-8-12-31(22)23)26-13-20-9-5-6-10-21(20)17-30-15-18(2)32-19(3)16-30;/h5-12,18-19H,4,13-17H2,1-3H3,(H2,25,26,27);1H. The van der Waals surface area contributed by atoms with Crippen LogP contribution in [0.1, 0.15) is 37.7 Å². The predicted octanol–water partition coefficient (Wildman–Crippen LogP) is 3.21. The molecule has 33 heavy (non-hydrogen) atoms. The third kappa shape index (κ3) is 6.87. The minimum absolute atomic E-state index is 0. The van der Waals surface area contributed by atoms with Crippen LogP contribution in [0.5, 0.6) is 0 Å². The van der Waals surface area contributed by atoms with Crippen molar-refractivity contribution in [2.75, 3.05) is 19.6 Å². The quantitative estimate of drug-likeness (QED) is 0.261. The maximum atomic E-state index is 5.88. The van der Waals surface area contributed by atoms with Gasteiger partial charge in [0.15, 0.2) is 17.4 Å². The Morgan fingerprint density at radius 2 is 1.76 bits per heavy atom. The molecule has 0 radical (unpaired) electrons. The van der Waals surface area contributed by atoms with Crippen LogP contribution in [0, 0.1) is 0 Å². The first kappa shape index (κ1) is 25.4. The fourth-order valence-electron chi connectivity index (χ4n) is 4.20. The summed E-state index contributed by atoms with van der Waals surface area (Å²) in [6.45, 7) is 11.1. The van der Waals surface area contributed by atoms with Crippen molar-refractivity contribution in [1.29, 1.82) is 0 Å². The average Bonchev–Trinajstić information content (AvgIpc) is 3.19. The van der Waals surface area contributed by atoms with Crippen molar-refractivity contribution >= 4 is 35.6 Å². The lowest BCUT2D eigenvalue weighted by molar-refractivity contribution is -0.0705. The summed E-state index contributed by atoms with van der Waals surface area (Å²) in [5, 5.41) is 15.2. The molecule has 178 valence electrons. The van der Waals surface area contributed by atoms with E-state index in [4.69, 9.17) is 9.73 Å². The number of hydrogen-bond donors (Lipinski definition) is 2. The molecule has 9 heteroatoms. The van der Waals surface area contributed by atoms with E-state index in [0.29, 0.717) is 13.1 Å². The van der Waals surface area contributed by atoms with E-state index in [0.717, 1.165) is 43.6 Å². The van der Waals surface area contributed by atoms with Crippen LogP contribution >= 0.6 is 24.0 Å². The van der Waals surface area contributed by atoms with Crippen molar-refractivity contribution in [3.05, 3.63) is 65.6 Å². The zero-order valence-electron chi connectivity index (χ0n) is 19.6. The Morgan fingerprint density at radius 1 is 1.03 bits per heavy atom. The van der Waals surface area contributed by atoms with E-state index in [1.165, 1.54) is 11.1 Å². The normalized spacial score (nSPS) is 19.3. The Labute approximate surface area is 212 Å². The van der Waals surface area contributed by atoms with Gasteiger partial charge in [-0.25, -0.2) is 4.99 Å². The summed E-state index contributed by atoms with van der Waals surface area (Å²) in [5.74, 6) is 1.62. The fourth-order valence-corrected chi connectivity index (χ4v) is 4.20. The van der Waals surface area contributed by atoms with Gasteiger partial charge in [0.05, 0.1) is 25.3 Å². The highest BCUT2D eigenvalue weighted by Gasteiger charge is 2.22. The van der Waals surface area contributed by atoms with Crippen LogP contribution in [0.2, 0.25) is 0 Å². The van der Waals surface area contributed by atoms with Gasteiger partial charge in [0, 0.05) is 32.4 Å². The molecule has 2 atom stereocenters. The second-order valence-corrected chi connectivity index (χ2v) is 8.31. The Bertz CT molecular complexity index is 1040. The molecule has 0 saturated carbocycles. The van der Waals surface area contributed by atoms with Gasteiger partial charge in [-0.1, -0.05) is 30.3 Å². The summed E-state index contributed by atoms with van der Waals surface area (Å²) in [7, 11) is 0. The van der Waals surface area contributed by atoms with Crippen LogP contribution in [0.3, 0.4) is 0 Å². The third-order valence-electron chi connectivity index (χ3n) is 5.56. The van der Waals surface area contributed by atoms with E-state index in [9.17, 15) is 0 Å². The van der Waals surface area contributed by atoms with Gasteiger partial charge < -0.3 is 15.4 Å². The number of benzene rings is 1. The molecule has 4 rings (SSSR count). The van der Waals surface area contributed by atoms with Gasteiger partial charge in [-0.3, -0.25) is 9.30 Å². The highest BCUT2D eigenvalue weighted by atomic mass is 127. The Hall–Kier alpha value is -2.24. The van der Waals surface area contributed by atoms with Gasteiger partial charge in [0.2, 0.25) is 0 Å². The summed E-state index contributed by atoms with van der Waals surface area (Å²) >= 11 is 0. The number of rotatable bonds is 7. The number of hydrogen-bond acceptors (Lipinski definition) is 5. The van der Waals surface area contributed by atoms with Gasteiger partial charge in [-0.05, 0) is 44.0 Å². The number of aromatic nitrogens is 3. The van der Waals surface area contributed by atoms with E-state index in [1.54, 1.807) is 0 Å². The molecular formula is C24H34IN7O. The van der Waals surface area contributed by atoms with Crippen LogP contribution < -0.4 is 10.6 Å². The van der Waals surface area contributed by atoms with E-state index in [-0.39, 0.29) is 36.2 Å². The molecule has 1 aliphatic heterocycles. The van der Waals surface area contributed by atoms with Crippen molar-refractivity contribution in [2.24, 2.45) is 4.99 Å². The van der Waals surface area contributed by atoms with Crippen molar-refractivity contribution in [1.82, 2.24) is 30.1 Å². The number of guanidine groups is 1. The molecule has 2 aromatic heterocycles. The van der Waals surface area contributed by atoms with Crippen molar-refractivity contribution in [3.63, 3.8) is 0 Å². The monoisotopic (exact) mass is 563 g/mol. The second kappa shape index (κ2) is 12.3. The molecule has 3 heterocycles. The first-order valence-corrected chi connectivity index (χ1v) is 11.4. The van der Waals surface area contributed by atoms with Crippen molar-refractivity contribution in [2.45, 2.75) is 52.6 Å². The molecule has 1 fully saturated rings. The number of pyridine rings is 1. The SMILES string of the molecule is CCNC(=NCc1ccccc1CN1CC(C)OC(C)C1)NCc1nnc2ccccn12.I. The van der Waals surface area contributed by atoms with E-state index < -0.39 is 0 Å². The average molecular weight is 563 g/mol. The highest BCUT2D eigenvalue weighted by Crippen LogP contribution is 2.17. The van der Waals surface area contributed by atoms with Crippen LogP contribution in [-0.2, 0) is 24.4 Å². The number of halogens is 1. The fraction of sp³-hybridized carbons (Fsp3) is 0.458. The van der Waals surface area contributed by atoms with Gasteiger partial charge >= 0.3 is 0 Å². The molecule has 0 amide bonds. The number of ether oxygens (including phenoxy) is 1. The van der Waals surface area contributed by atoms with Gasteiger partial charge in [0.1, 0.15) is 0 Å². The van der Waals surface area contributed by atoms with Crippen LogP contribution in [0.25, 0.3) is 5.65 Å². The molecule has 1 aliphatic rings. The zero-order chi connectivity index (χ0) is 22.3. The molecule has 8 nitrogen and oxygen atoms in total. The topological polar surface area (TPSA) is 79.1 Å². The minimum Gasteiger partial charge on any atom is -0.373 e. The summed E-state index contributed by atoms with van der Waals surface area (Å²) < 4.78 is 7.87. The summed E-state index contributed by atoms with van der Waals surface area (Å²) in [5.41, 5.74) is 3.40. The lowest BCUT2D eigenvalue weighted by Crippen LogP contribution is -2.44. The van der Waals surface area contributed by atoms with Gasteiger partial charge in [-0.15, -0.1) is 34.2 Å². The summed E-state index contributed by atoms with van der Waals surface area (Å²) in [4.78, 5) is 7.31. The molecule has 2 unspecified atom stereocenters.